The van der Waals surface area contributed by atoms with Crippen LogP contribution in [0.1, 0.15) is 24.5 Å². The Morgan fingerprint density at radius 2 is 1.90 bits per heavy atom. The highest BCUT2D eigenvalue weighted by Gasteiger charge is 2.16. The van der Waals surface area contributed by atoms with Gasteiger partial charge in [0.1, 0.15) is 0 Å². The molecule has 2 aliphatic heterocycles. The van der Waals surface area contributed by atoms with Gasteiger partial charge in [-0.1, -0.05) is 24.3 Å². The van der Waals surface area contributed by atoms with Crippen molar-refractivity contribution >= 4 is 35.6 Å². The number of fused-ring (bicyclic) bond motifs is 1. The summed E-state index contributed by atoms with van der Waals surface area (Å²) in [6.45, 7) is 7.64. The molecule has 0 saturated carbocycles. The zero-order valence-corrected chi connectivity index (χ0v) is 20.2. The van der Waals surface area contributed by atoms with Crippen LogP contribution in [0.4, 0.5) is 5.69 Å². The molecule has 8 heteroatoms. The van der Waals surface area contributed by atoms with E-state index in [1.165, 1.54) is 5.56 Å². The first-order valence-corrected chi connectivity index (χ1v) is 10.5. The Labute approximate surface area is 201 Å². The van der Waals surface area contributed by atoms with E-state index in [4.69, 9.17) is 19.9 Å². The predicted molar refractivity (Wildman–Crippen MR) is 134 cm³/mol. The van der Waals surface area contributed by atoms with Crippen LogP contribution >= 0.6 is 24.0 Å². The first kappa shape index (κ1) is 23.6. The summed E-state index contributed by atoms with van der Waals surface area (Å²) >= 11 is 0. The summed E-state index contributed by atoms with van der Waals surface area (Å²) in [4.78, 5) is 6.93. The Morgan fingerprint density at radius 3 is 2.74 bits per heavy atom. The number of aliphatic imine (C=N–C) groups is 1. The highest BCUT2D eigenvalue weighted by molar-refractivity contribution is 14.0. The summed E-state index contributed by atoms with van der Waals surface area (Å²) in [5, 5.41) is 3.14. The lowest BCUT2D eigenvalue weighted by Gasteiger charge is -2.31. The molecule has 1 unspecified atom stereocenters. The fraction of sp³-hybridized carbons (Fsp3) is 0.435. The molecule has 2 heterocycles. The van der Waals surface area contributed by atoms with Crippen molar-refractivity contribution in [2.45, 2.75) is 32.5 Å². The molecular weight excluding hydrogens is 507 g/mol. The van der Waals surface area contributed by atoms with Gasteiger partial charge in [0.15, 0.2) is 17.5 Å². The summed E-state index contributed by atoms with van der Waals surface area (Å²) in [5.41, 5.74) is 9.36. The second-order valence-corrected chi connectivity index (χ2v) is 7.77. The maximum Gasteiger partial charge on any atom is 0.193 e. The van der Waals surface area contributed by atoms with Gasteiger partial charge >= 0.3 is 0 Å². The lowest BCUT2D eigenvalue weighted by atomic mass is 10.1. The molecule has 1 saturated heterocycles. The summed E-state index contributed by atoms with van der Waals surface area (Å²) in [6, 6.07) is 14.2. The Hall–Kier alpha value is -2.04. The average molecular weight is 538 g/mol. The van der Waals surface area contributed by atoms with Gasteiger partial charge in [0.2, 0.25) is 0 Å². The van der Waals surface area contributed by atoms with E-state index in [1.54, 1.807) is 0 Å². The fourth-order valence-corrected chi connectivity index (χ4v) is 3.72. The van der Waals surface area contributed by atoms with Gasteiger partial charge in [0.25, 0.3) is 0 Å². The largest absolute Gasteiger partial charge is 0.490 e. The lowest BCUT2D eigenvalue weighted by Crippen LogP contribution is -2.40. The molecule has 7 nitrogen and oxygen atoms in total. The Morgan fingerprint density at radius 1 is 1.10 bits per heavy atom. The Bertz CT molecular complexity index is 893. The van der Waals surface area contributed by atoms with Gasteiger partial charge in [-0.05, 0) is 30.2 Å². The summed E-state index contributed by atoms with van der Waals surface area (Å²) in [5.74, 6) is 1.87. The molecule has 4 rings (SSSR count). The van der Waals surface area contributed by atoms with Crippen LogP contribution in [0.5, 0.6) is 11.5 Å². The van der Waals surface area contributed by atoms with Crippen LogP contribution in [0, 0.1) is 0 Å². The zero-order valence-electron chi connectivity index (χ0n) is 17.9. The first-order chi connectivity index (χ1) is 14.7. The molecule has 31 heavy (non-hydrogen) atoms. The third-order valence-corrected chi connectivity index (χ3v) is 5.17. The molecule has 0 aromatic heterocycles. The van der Waals surface area contributed by atoms with Crippen molar-refractivity contribution in [2.24, 2.45) is 10.7 Å². The molecule has 2 aromatic rings. The number of hydrogen-bond donors (Lipinski definition) is 2. The van der Waals surface area contributed by atoms with Gasteiger partial charge in [-0.15, -0.1) is 24.0 Å². The second kappa shape index (κ2) is 11.5. The maximum absolute atomic E-state index is 6.11. The smallest absolute Gasteiger partial charge is 0.193 e. The maximum atomic E-state index is 6.11. The molecule has 0 aliphatic carbocycles. The molecule has 0 amide bonds. The number of rotatable bonds is 5. The van der Waals surface area contributed by atoms with Crippen molar-refractivity contribution < 1.29 is 14.2 Å². The summed E-state index contributed by atoms with van der Waals surface area (Å²) < 4.78 is 17.0. The first-order valence-electron chi connectivity index (χ1n) is 10.5. The number of hydrogen-bond acceptors (Lipinski definition) is 5. The van der Waals surface area contributed by atoms with Gasteiger partial charge in [0, 0.05) is 37.8 Å². The number of ether oxygens (including phenoxy) is 3. The minimum atomic E-state index is 0. The van der Waals surface area contributed by atoms with E-state index in [9.17, 15) is 0 Å². The van der Waals surface area contributed by atoms with E-state index in [0.29, 0.717) is 31.8 Å². The van der Waals surface area contributed by atoms with Gasteiger partial charge in [0.05, 0.1) is 32.5 Å². The van der Waals surface area contributed by atoms with Crippen molar-refractivity contribution in [2.75, 3.05) is 38.2 Å². The van der Waals surface area contributed by atoms with E-state index in [-0.39, 0.29) is 24.0 Å². The number of morpholine rings is 1. The van der Waals surface area contributed by atoms with Crippen molar-refractivity contribution in [3.63, 3.8) is 0 Å². The highest BCUT2D eigenvalue weighted by Crippen LogP contribution is 2.32. The van der Waals surface area contributed by atoms with Gasteiger partial charge in [-0.25, -0.2) is 4.99 Å². The van der Waals surface area contributed by atoms with E-state index < -0.39 is 0 Å². The minimum Gasteiger partial charge on any atom is -0.490 e. The SMILES string of the molecule is CC1CN(Cc2cccc(CN=C(N)Nc3ccc4c(c3)OCCCO4)c2)CCO1.I. The number of anilines is 1. The quantitative estimate of drug-likeness (QED) is 0.344. The molecule has 3 N–H and O–H groups in total. The summed E-state index contributed by atoms with van der Waals surface area (Å²) in [6.07, 6.45) is 1.17. The number of halogens is 1. The molecule has 2 aliphatic rings. The number of guanidine groups is 1. The van der Waals surface area contributed by atoms with Gasteiger partial charge < -0.3 is 25.3 Å². The van der Waals surface area contributed by atoms with Gasteiger partial charge in [-0.3, -0.25) is 4.90 Å². The lowest BCUT2D eigenvalue weighted by molar-refractivity contribution is -0.0212. The zero-order chi connectivity index (χ0) is 20.8. The molecule has 2 aromatic carbocycles. The van der Waals surface area contributed by atoms with Crippen LogP contribution < -0.4 is 20.5 Å². The van der Waals surface area contributed by atoms with Gasteiger partial charge in [-0.2, -0.15) is 0 Å². The number of benzene rings is 2. The summed E-state index contributed by atoms with van der Waals surface area (Å²) in [7, 11) is 0. The van der Waals surface area contributed by atoms with Crippen LogP contribution in [0.2, 0.25) is 0 Å². The topological polar surface area (TPSA) is 81.3 Å². The molecule has 0 radical (unpaired) electrons. The monoisotopic (exact) mass is 538 g/mol. The number of nitrogens with zero attached hydrogens (tertiary/aromatic N) is 2. The van der Waals surface area contributed by atoms with Crippen LogP contribution in [-0.4, -0.2) is 49.9 Å². The van der Waals surface area contributed by atoms with Crippen molar-refractivity contribution in [1.82, 2.24) is 4.90 Å². The predicted octanol–water partition coefficient (Wildman–Crippen LogP) is 3.61. The standard InChI is InChI=1S/C23H30N4O3.HI/c1-17-15-27(8-11-28-17)16-19-5-2-4-18(12-19)14-25-23(24)26-20-6-7-21-22(13-20)30-10-3-9-29-21;/h2,4-7,12-13,17H,3,8-11,14-16H2,1H3,(H3,24,25,26);1H. The highest BCUT2D eigenvalue weighted by atomic mass is 127. The van der Waals surface area contributed by atoms with Crippen LogP contribution in [0.3, 0.4) is 0 Å². The second-order valence-electron chi connectivity index (χ2n) is 7.77. The van der Waals surface area contributed by atoms with Crippen LogP contribution in [0.15, 0.2) is 47.5 Å². The minimum absolute atomic E-state index is 0. The normalized spacial score (nSPS) is 19.3. The van der Waals surface area contributed by atoms with E-state index >= 15 is 0 Å². The molecule has 1 fully saturated rings. The Kier molecular flexibility index (Phi) is 8.79. The van der Waals surface area contributed by atoms with E-state index in [2.05, 4.69) is 46.4 Å². The van der Waals surface area contributed by atoms with Crippen molar-refractivity contribution in [3.05, 3.63) is 53.6 Å². The van der Waals surface area contributed by atoms with Crippen LogP contribution in [0.25, 0.3) is 0 Å². The molecule has 168 valence electrons. The van der Waals surface area contributed by atoms with E-state index in [0.717, 1.165) is 55.4 Å². The molecule has 1 atom stereocenters. The van der Waals surface area contributed by atoms with Crippen molar-refractivity contribution in [3.8, 4) is 11.5 Å². The number of nitrogens with two attached hydrogens (primary N) is 1. The molecule has 0 bridgehead atoms. The third-order valence-electron chi connectivity index (χ3n) is 5.17. The Balaban J connectivity index is 0.00000272. The van der Waals surface area contributed by atoms with E-state index in [1.807, 2.05) is 18.2 Å². The van der Waals surface area contributed by atoms with Crippen LogP contribution in [-0.2, 0) is 17.8 Å². The number of nitrogens with one attached hydrogen (secondary N) is 1. The molecule has 0 spiro atoms. The average Bonchev–Trinajstić information content (AvgIpc) is 2.98. The third kappa shape index (κ3) is 6.98. The molecular formula is C23H31IN4O3. The van der Waals surface area contributed by atoms with Crippen molar-refractivity contribution in [1.29, 1.82) is 0 Å². The fourth-order valence-electron chi connectivity index (χ4n) is 3.72.